The molecule has 120 valence electrons. The molecular formula is C13H21BFN5OS. The van der Waals surface area contributed by atoms with Crippen LogP contribution >= 0.6 is 11.8 Å². The molecule has 2 aliphatic rings. The van der Waals surface area contributed by atoms with Crippen LogP contribution in [0.15, 0.2) is 11.4 Å². The molecule has 3 heterocycles. The van der Waals surface area contributed by atoms with Gasteiger partial charge in [0.2, 0.25) is 5.16 Å². The van der Waals surface area contributed by atoms with E-state index in [0.29, 0.717) is 18.5 Å². The number of hydrogen-bond acceptors (Lipinski definition) is 7. The first-order chi connectivity index (χ1) is 10.7. The van der Waals surface area contributed by atoms with Gasteiger partial charge in [0, 0.05) is 13.1 Å². The Balaban J connectivity index is 1.74. The Kier molecular flexibility index (Phi) is 4.84. The van der Waals surface area contributed by atoms with Crippen LogP contribution in [0, 0.1) is 0 Å². The summed E-state index contributed by atoms with van der Waals surface area (Å²) in [5.74, 6) is 0.620. The quantitative estimate of drug-likeness (QED) is 0.597. The predicted octanol–water partition coefficient (Wildman–Crippen LogP) is 1.30. The van der Waals surface area contributed by atoms with E-state index >= 15 is 0 Å². The Morgan fingerprint density at radius 3 is 2.91 bits per heavy atom. The molecule has 1 aromatic rings. The summed E-state index contributed by atoms with van der Waals surface area (Å²) in [7, 11) is 2.46. The van der Waals surface area contributed by atoms with E-state index in [9.17, 15) is 4.39 Å². The van der Waals surface area contributed by atoms with Gasteiger partial charge in [-0.15, -0.1) is 10.2 Å². The van der Waals surface area contributed by atoms with Crippen LogP contribution in [-0.4, -0.2) is 65.3 Å². The number of halogens is 1. The highest BCUT2D eigenvalue weighted by atomic mass is 32.2. The summed E-state index contributed by atoms with van der Waals surface area (Å²) in [4.78, 5) is 6.10. The molecular weight excluding hydrogens is 304 g/mol. The van der Waals surface area contributed by atoms with Crippen molar-refractivity contribution in [2.45, 2.75) is 55.5 Å². The number of anilines is 1. The van der Waals surface area contributed by atoms with E-state index in [2.05, 4.69) is 15.2 Å². The van der Waals surface area contributed by atoms with Gasteiger partial charge in [0.05, 0.1) is 18.3 Å². The number of rotatable bonds is 5. The van der Waals surface area contributed by atoms with Crippen LogP contribution in [-0.2, 0) is 4.76 Å². The highest BCUT2D eigenvalue weighted by molar-refractivity contribution is 7.98. The van der Waals surface area contributed by atoms with Gasteiger partial charge in [-0.05, 0) is 25.5 Å². The van der Waals surface area contributed by atoms with E-state index in [-0.39, 0.29) is 18.1 Å². The van der Waals surface area contributed by atoms with E-state index in [1.54, 1.807) is 6.20 Å². The highest BCUT2D eigenvalue weighted by Gasteiger charge is 2.49. The molecule has 0 radical (unpaired) electrons. The number of hydrogen-bond donors (Lipinski definition) is 0. The van der Waals surface area contributed by atoms with Gasteiger partial charge in [0.25, 0.3) is 0 Å². The minimum Gasteiger partial charge on any atom is -0.365 e. The fourth-order valence-corrected chi connectivity index (χ4v) is 3.76. The lowest BCUT2D eigenvalue weighted by Gasteiger charge is -2.43. The smallest absolute Gasteiger partial charge is 0.301 e. The van der Waals surface area contributed by atoms with Crippen molar-refractivity contribution in [3.8, 4) is 0 Å². The Bertz CT molecular complexity index is 510. The van der Waals surface area contributed by atoms with Gasteiger partial charge < -0.3 is 9.65 Å². The van der Waals surface area contributed by atoms with E-state index in [1.807, 2.05) is 30.1 Å². The number of nitrogens with zero attached hydrogens (tertiary/aromatic N) is 5. The van der Waals surface area contributed by atoms with Crippen molar-refractivity contribution in [2.24, 2.45) is 0 Å². The minimum atomic E-state index is -0.961. The zero-order valence-electron chi connectivity index (χ0n) is 13.1. The Hall–Kier alpha value is -0.925. The first kappa shape index (κ1) is 16.0. The third-order valence-corrected chi connectivity index (χ3v) is 5.13. The van der Waals surface area contributed by atoms with E-state index in [1.165, 1.54) is 11.8 Å². The van der Waals surface area contributed by atoms with Crippen LogP contribution in [0.1, 0.15) is 19.3 Å². The summed E-state index contributed by atoms with van der Waals surface area (Å²) in [6.07, 6.45) is 5.19. The van der Waals surface area contributed by atoms with E-state index in [4.69, 9.17) is 4.76 Å². The topological polar surface area (TPSA) is 54.4 Å². The van der Waals surface area contributed by atoms with Crippen molar-refractivity contribution in [3.05, 3.63) is 6.20 Å². The molecule has 2 saturated heterocycles. The van der Waals surface area contributed by atoms with Gasteiger partial charge in [0.1, 0.15) is 6.17 Å². The molecule has 0 aliphatic carbocycles. The van der Waals surface area contributed by atoms with Crippen molar-refractivity contribution in [1.82, 2.24) is 20.2 Å². The van der Waals surface area contributed by atoms with Gasteiger partial charge in [-0.1, -0.05) is 18.6 Å². The summed E-state index contributed by atoms with van der Waals surface area (Å²) < 4.78 is 20.6. The molecule has 9 heteroatoms. The van der Waals surface area contributed by atoms with Gasteiger partial charge in [-0.2, -0.15) is 5.06 Å². The largest absolute Gasteiger partial charge is 0.365 e. The zero-order valence-corrected chi connectivity index (χ0v) is 14.0. The van der Waals surface area contributed by atoms with Gasteiger partial charge in [0.15, 0.2) is 5.82 Å². The standard InChI is InChI=1S/C13H21BFN5OS/c1-14-21-20-8-4-5-9(20)12(15)10(6-8)19(2)11-7-16-13(22-3)18-17-11/h7-10,12,14H,4-6H2,1-3H3/t8-,9+,10-,12+/m0/s1. The Morgan fingerprint density at radius 2 is 2.27 bits per heavy atom. The first-order valence-electron chi connectivity index (χ1n) is 7.67. The molecule has 2 fully saturated rings. The van der Waals surface area contributed by atoms with Crippen molar-refractivity contribution < 1.29 is 9.15 Å². The maximum absolute atomic E-state index is 15.0. The molecule has 0 aromatic carbocycles. The second kappa shape index (κ2) is 6.68. The molecule has 4 atom stereocenters. The van der Waals surface area contributed by atoms with Gasteiger partial charge in [-0.25, -0.2) is 9.37 Å². The summed E-state index contributed by atoms with van der Waals surface area (Å²) in [5.41, 5.74) is 0. The van der Waals surface area contributed by atoms with E-state index in [0.717, 1.165) is 19.3 Å². The third kappa shape index (κ3) is 2.81. The van der Waals surface area contributed by atoms with Crippen LogP contribution in [0.3, 0.4) is 0 Å². The Morgan fingerprint density at radius 1 is 1.45 bits per heavy atom. The predicted molar refractivity (Wildman–Crippen MR) is 86.1 cm³/mol. The molecule has 0 saturated carbocycles. The number of alkyl halides is 1. The molecule has 2 aliphatic heterocycles. The van der Waals surface area contributed by atoms with Crippen LogP contribution in [0.5, 0.6) is 0 Å². The maximum Gasteiger partial charge on any atom is 0.301 e. The van der Waals surface area contributed by atoms with Crippen LogP contribution < -0.4 is 4.90 Å². The molecule has 22 heavy (non-hydrogen) atoms. The number of piperidine rings is 1. The number of aromatic nitrogens is 3. The first-order valence-corrected chi connectivity index (χ1v) is 8.90. The van der Waals surface area contributed by atoms with Crippen molar-refractivity contribution in [1.29, 1.82) is 0 Å². The highest BCUT2D eigenvalue weighted by Crippen LogP contribution is 2.39. The Labute approximate surface area is 135 Å². The van der Waals surface area contributed by atoms with Crippen LogP contribution in [0.2, 0.25) is 6.82 Å². The number of fused-ring (bicyclic) bond motifs is 2. The lowest BCUT2D eigenvalue weighted by Crippen LogP contribution is -2.57. The molecule has 0 N–H and O–H groups in total. The average molecular weight is 325 g/mol. The van der Waals surface area contributed by atoms with Crippen molar-refractivity contribution in [3.63, 3.8) is 0 Å². The second-order valence-corrected chi connectivity index (χ2v) is 6.51. The molecule has 0 spiro atoms. The summed E-state index contributed by atoms with van der Waals surface area (Å²) in [6, 6.07) is -0.0706. The molecule has 0 amide bonds. The monoisotopic (exact) mass is 325 g/mol. The summed E-state index contributed by atoms with van der Waals surface area (Å²) >= 11 is 1.44. The molecule has 0 unspecified atom stereocenters. The second-order valence-electron chi connectivity index (χ2n) is 5.74. The van der Waals surface area contributed by atoms with Crippen LogP contribution in [0.25, 0.3) is 0 Å². The SMILES string of the molecule is CBON1[C@H]2CC[C@@H]1[C@@H](F)[C@@H](N(C)c1cnc(SC)nn1)C2. The van der Waals surface area contributed by atoms with Crippen LogP contribution in [0.4, 0.5) is 10.2 Å². The zero-order chi connectivity index (χ0) is 15.7. The van der Waals surface area contributed by atoms with Gasteiger partial charge in [-0.3, -0.25) is 0 Å². The molecule has 1 aromatic heterocycles. The summed E-state index contributed by atoms with van der Waals surface area (Å²) in [6.45, 7) is 1.94. The minimum absolute atomic E-state index is 0.155. The lowest BCUT2D eigenvalue weighted by molar-refractivity contribution is -0.144. The summed E-state index contributed by atoms with van der Waals surface area (Å²) in [5, 5.41) is 10.7. The lowest BCUT2D eigenvalue weighted by atomic mass is 9.95. The molecule has 3 rings (SSSR count). The molecule has 2 bridgehead atoms. The van der Waals surface area contributed by atoms with E-state index < -0.39 is 6.17 Å². The fourth-order valence-electron chi connectivity index (χ4n) is 3.48. The number of thioether (sulfide) groups is 1. The number of hydroxylamine groups is 2. The maximum atomic E-state index is 15.0. The van der Waals surface area contributed by atoms with Gasteiger partial charge >= 0.3 is 7.48 Å². The van der Waals surface area contributed by atoms with Crippen molar-refractivity contribution in [2.75, 3.05) is 18.2 Å². The fraction of sp³-hybridized carbons (Fsp3) is 0.769. The third-order valence-electron chi connectivity index (χ3n) is 4.58. The van der Waals surface area contributed by atoms with Crippen molar-refractivity contribution >= 4 is 25.1 Å². The molecule has 6 nitrogen and oxygen atoms in total. The average Bonchev–Trinajstić information content (AvgIpc) is 2.85. The normalized spacial score (nSPS) is 31.3.